The molecule has 0 aromatic heterocycles. The van der Waals surface area contributed by atoms with Crippen LogP contribution in [-0.2, 0) is 19.1 Å². The van der Waals surface area contributed by atoms with E-state index in [0.29, 0.717) is 11.6 Å². The van der Waals surface area contributed by atoms with Crippen molar-refractivity contribution in [1.29, 1.82) is 0 Å². The zero-order valence-electron chi connectivity index (χ0n) is 9.67. The third kappa shape index (κ3) is 4.24. The third-order valence-corrected chi connectivity index (χ3v) is 3.01. The van der Waals surface area contributed by atoms with Gasteiger partial charge in [0, 0.05) is 0 Å². The SMILES string of the molecule is C[C@H](OC(=O)CN1CSCC1=O)C(=O)NC(N)=O. The molecule has 0 saturated carbocycles. The molecule has 1 saturated heterocycles. The summed E-state index contributed by atoms with van der Waals surface area (Å²) in [6.45, 7) is 1.09. The van der Waals surface area contributed by atoms with Crippen molar-refractivity contribution in [3.05, 3.63) is 0 Å². The Bertz CT molecular complexity index is 386. The summed E-state index contributed by atoms with van der Waals surface area (Å²) in [4.78, 5) is 45.6. The molecule has 0 aliphatic carbocycles. The van der Waals surface area contributed by atoms with Crippen molar-refractivity contribution in [1.82, 2.24) is 10.2 Å². The van der Waals surface area contributed by atoms with Crippen LogP contribution < -0.4 is 11.1 Å². The number of carbonyl (C=O) groups excluding carboxylic acids is 4. The van der Waals surface area contributed by atoms with Gasteiger partial charge in [-0.15, -0.1) is 11.8 Å². The molecule has 8 nitrogen and oxygen atoms in total. The van der Waals surface area contributed by atoms with Crippen molar-refractivity contribution in [3.8, 4) is 0 Å². The Morgan fingerprint density at radius 3 is 2.72 bits per heavy atom. The first-order valence-electron chi connectivity index (χ1n) is 5.05. The number of carbonyl (C=O) groups is 4. The monoisotopic (exact) mass is 275 g/mol. The Morgan fingerprint density at radius 2 is 2.22 bits per heavy atom. The summed E-state index contributed by atoms with van der Waals surface area (Å²) in [5.74, 6) is -0.900. The first kappa shape index (κ1) is 14.3. The minimum Gasteiger partial charge on any atom is -0.451 e. The highest BCUT2D eigenvalue weighted by atomic mass is 32.2. The van der Waals surface area contributed by atoms with E-state index in [2.05, 4.69) is 0 Å². The maximum atomic E-state index is 11.4. The number of hydrogen-bond donors (Lipinski definition) is 2. The standard InChI is InChI=1S/C9H13N3O5S/c1-5(8(15)11-9(10)16)17-7(14)2-12-4-18-3-6(12)13/h5H,2-4H2,1H3,(H3,10,11,15,16)/t5-/m0/s1. The fraction of sp³-hybridized carbons (Fsp3) is 0.556. The van der Waals surface area contributed by atoms with E-state index in [-0.39, 0.29) is 12.5 Å². The highest BCUT2D eigenvalue weighted by Gasteiger charge is 2.25. The number of rotatable bonds is 4. The normalized spacial score (nSPS) is 16.3. The van der Waals surface area contributed by atoms with Crippen LogP contribution in [0.2, 0.25) is 0 Å². The first-order valence-corrected chi connectivity index (χ1v) is 6.21. The number of primary amides is 1. The van der Waals surface area contributed by atoms with Gasteiger partial charge in [-0.1, -0.05) is 0 Å². The number of amides is 4. The summed E-state index contributed by atoms with van der Waals surface area (Å²) in [5.41, 5.74) is 4.75. The molecule has 9 heteroatoms. The van der Waals surface area contributed by atoms with Crippen molar-refractivity contribution < 1.29 is 23.9 Å². The molecule has 100 valence electrons. The summed E-state index contributed by atoms with van der Waals surface area (Å²) in [6.07, 6.45) is -1.14. The molecule has 1 aliphatic rings. The number of esters is 1. The molecular formula is C9H13N3O5S. The quantitative estimate of drug-likeness (QED) is 0.612. The van der Waals surface area contributed by atoms with Crippen molar-refractivity contribution in [2.75, 3.05) is 18.2 Å². The molecule has 1 rings (SSSR count). The summed E-state index contributed by atoms with van der Waals surface area (Å²) in [6, 6.07) is -1.02. The fourth-order valence-corrected chi connectivity index (χ4v) is 2.11. The van der Waals surface area contributed by atoms with E-state index in [1.165, 1.54) is 23.6 Å². The second-order valence-corrected chi connectivity index (χ2v) is 4.51. The van der Waals surface area contributed by atoms with E-state index in [4.69, 9.17) is 10.5 Å². The highest BCUT2D eigenvalue weighted by Crippen LogP contribution is 2.14. The van der Waals surface area contributed by atoms with Gasteiger partial charge in [0.05, 0.1) is 11.6 Å². The van der Waals surface area contributed by atoms with Crippen molar-refractivity contribution in [2.24, 2.45) is 5.73 Å². The van der Waals surface area contributed by atoms with Crippen LogP contribution in [0.25, 0.3) is 0 Å². The molecule has 1 atom stereocenters. The molecule has 0 aromatic rings. The van der Waals surface area contributed by atoms with E-state index in [1.807, 2.05) is 0 Å². The largest absolute Gasteiger partial charge is 0.451 e. The van der Waals surface area contributed by atoms with Gasteiger partial charge < -0.3 is 15.4 Å². The van der Waals surface area contributed by atoms with Gasteiger partial charge in [-0.2, -0.15) is 0 Å². The van der Waals surface area contributed by atoms with Crippen molar-refractivity contribution >= 4 is 35.6 Å². The number of urea groups is 1. The second-order valence-electron chi connectivity index (χ2n) is 3.55. The third-order valence-electron chi connectivity index (χ3n) is 2.07. The number of hydrogen-bond acceptors (Lipinski definition) is 6. The van der Waals surface area contributed by atoms with Crippen LogP contribution >= 0.6 is 11.8 Å². The van der Waals surface area contributed by atoms with Gasteiger partial charge in [0.15, 0.2) is 6.10 Å². The number of nitrogens with two attached hydrogens (primary N) is 1. The Kier molecular flexibility index (Phi) is 4.95. The molecule has 0 aromatic carbocycles. The van der Waals surface area contributed by atoms with Crippen LogP contribution in [0.3, 0.4) is 0 Å². The number of nitrogens with one attached hydrogen (secondary N) is 1. The number of thioether (sulfide) groups is 1. The molecule has 1 aliphatic heterocycles. The molecule has 1 fully saturated rings. The zero-order chi connectivity index (χ0) is 13.7. The Labute approximate surface area is 107 Å². The van der Waals surface area contributed by atoms with Crippen LogP contribution in [0.15, 0.2) is 0 Å². The topological polar surface area (TPSA) is 119 Å². The van der Waals surface area contributed by atoms with Gasteiger partial charge in [0.25, 0.3) is 5.91 Å². The van der Waals surface area contributed by atoms with E-state index < -0.39 is 24.0 Å². The maximum absolute atomic E-state index is 11.4. The minimum absolute atomic E-state index is 0.147. The average molecular weight is 275 g/mol. The molecule has 0 unspecified atom stereocenters. The van der Waals surface area contributed by atoms with Crippen LogP contribution in [-0.4, -0.2) is 53.0 Å². The molecule has 18 heavy (non-hydrogen) atoms. The lowest BCUT2D eigenvalue weighted by molar-refractivity contribution is -0.156. The lowest BCUT2D eigenvalue weighted by Crippen LogP contribution is -2.43. The predicted octanol–water partition coefficient (Wildman–Crippen LogP) is -1.35. The van der Waals surface area contributed by atoms with Crippen molar-refractivity contribution in [2.45, 2.75) is 13.0 Å². The Hall–Kier alpha value is -1.77. The van der Waals surface area contributed by atoms with Gasteiger partial charge in [-0.05, 0) is 6.92 Å². The van der Waals surface area contributed by atoms with Gasteiger partial charge >= 0.3 is 12.0 Å². The van der Waals surface area contributed by atoms with Crippen LogP contribution in [0.1, 0.15) is 6.92 Å². The number of imide groups is 1. The van der Waals surface area contributed by atoms with Gasteiger partial charge in [0.1, 0.15) is 6.54 Å². The Morgan fingerprint density at radius 1 is 1.56 bits per heavy atom. The highest BCUT2D eigenvalue weighted by molar-refractivity contribution is 8.00. The van der Waals surface area contributed by atoms with Gasteiger partial charge in [0.2, 0.25) is 5.91 Å². The minimum atomic E-state index is -1.14. The van der Waals surface area contributed by atoms with Gasteiger partial charge in [-0.25, -0.2) is 4.79 Å². The predicted molar refractivity (Wildman–Crippen MR) is 62.3 cm³/mol. The summed E-state index contributed by atoms with van der Waals surface area (Å²) in [5, 5.41) is 1.79. The molecule has 0 bridgehead atoms. The second kappa shape index (κ2) is 6.24. The molecule has 0 spiro atoms. The molecule has 1 heterocycles. The molecule has 0 radical (unpaired) electrons. The summed E-state index contributed by atoms with van der Waals surface area (Å²) in [7, 11) is 0. The van der Waals surface area contributed by atoms with Crippen LogP contribution in [0, 0.1) is 0 Å². The van der Waals surface area contributed by atoms with E-state index in [9.17, 15) is 19.2 Å². The van der Waals surface area contributed by atoms with E-state index in [1.54, 1.807) is 5.32 Å². The smallest absolute Gasteiger partial charge is 0.326 e. The molecular weight excluding hydrogens is 262 g/mol. The maximum Gasteiger partial charge on any atom is 0.326 e. The van der Waals surface area contributed by atoms with Crippen LogP contribution in [0.4, 0.5) is 4.79 Å². The molecule has 4 amide bonds. The fourth-order valence-electron chi connectivity index (χ4n) is 1.21. The lowest BCUT2D eigenvalue weighted by Gasteiger charge is -2.16. The van der Waals surface area contributed by atoms with E-state index >= 15 is 0 Å². The summed E-state index contributed by atoms with van der Waals surface area (Å²) < 4.78 is 4.76. The first-order chi connectivity index (χ1) is 8.40. The lowest BCUT2D eigenvalue weighted by atomic mass is 10.4. The van der Waals surface area contributed by atoms with Gasteiger partial charge in [-0.3, -0.25) is 19.7 Å². The zero-order valence-corrected chi connectivity index (χ0v) is 10.5. The summed E-state index contributed by atoms with van der Waals surface area (Å²) >= 11 is 1.39. The molecule has 3 N–H and O–H groups in total. The van der Waals surface area contributed by atoms with E-state index in [0.717, 1.165) is 0 Å². The number of nitrogens with zero attached hydrogens (tertiary/aromatic N) is 1. The average Bonchev–Trinajstić information content (AvgIpc) is 2.63. The number of ether oxygens (including phenoxy) is 1. The van der Waals surface area contributed by atoms with Crippen molar-refractivity contribution in [3.63, 3.8) is 0 Å². The Balaban J connectivity index is 2.37. The van der Waals surface area contributed by atoms with Crippen LogP contribution in [0.5, 0.6) is 0 Å².